The molecule has 1 fully saturated rings. The van der Waals surface area contributed by atoms with Gasteiger partial charge in [-0.25, -0.2) is 0 Å². The number of hydrogen-bond acceptors (Lipinski definition) is 2. The molecule has 1 aliphatic rings. The van der Waals surface area contributed by atoms with E-state index in [1.54, 1.807) is 0 Å². The van der Waals surface area contributed by atoms with Gasteiger partial charge in [0.05, 0.1) is 5.41 Å². The first kappa shape index (κ1) is 19.7. The van der Waals surface area contributed by atoms with Gasteiger partial charge in [0.15, 0.2) is 0 Å². The van der Waals surface area contributed by atoms with E-state index in [-0.39, 0.29) is 23.7 Å². The molecular formula is C16H33ClN2O. The lowest BCUT2D eigenvalue weighted by Gasteiger charge is -2.35. The smallest absolute Gasteiger partial charge is 0.227 e. The minimum atomic E-state index is -0.352. The maximum atomic E-state index is 12.5. The largest absolute Gasteiger partial charge is 0.353 e. The zero-order chi connectivity index (χ0) is 14.5. The molecule has 1 amide bonds. The topological polar surface area (TPSA) is 55.1 Å². The van der Waals surface area contributed by atoms with Crippen LogP contribution in [0.3, 0.4) is 0 Å². The molecule has 1 rings (SSSR count). The molecule has 0 atom stereocenters. The van der Waals surface area contributed by atoms with Crippen molar-refractivity contribution >= 4 is 18.3 Å². The Hall–Kier alpha value is -0.280. The number of amides is 1. The van der Waals surface area contributed by atoms with E-state index in [1.165, 1.54) is 12.8 Å². The van der Waals surface area contributed by atoms with Crippen molar-refractivity contribution in [1.29, 1.82) is 0 Å². The summed E-state index contributed by atoms with van der Waals surface area (Å²) < 4.78 is 0. The third-order valence-corrected chi connectivity index (χ3v) is 5.28. The number of nitrogens with two attached hydrogens (primary N) is 1. The molecule has 0 aromatic carbocycles. The van der Waals surface area contributed by atoms with Crippen LogP contribution in [0.15, 0.2) is 0 Å². The Balaban J connectivity index is 0.00000361. The van der Waals surface area contributed by atoms with Gasteiger partial charge in [-0.3, -0.25) is 4.79 Å². The summed E-state index contributed by atoms with van der Waals surface area (Å²) in [5, 5.41) is 3.25. The minimum Gasteiger partial charge on any atom is -0.353 e. The summed E-state index contributed by atoms with van der Waals surface area (Å²) in [6.45, 7) is 9.18. The second-order valence-electron chi connectivity index (χ2n) is 6.52. The van der Waals surface area contributed by atoms with Gasteiger partial charge in [0, 0.05) is 12.6 Å². The highest BCUT2D eigenvalue weighted by molar-refractivity contribution is 5.85. The van der Waals surface area contributed by atoms with Crippen molar-refractivity contribution in [3.05, 3.63) is 0 Å². The van der Waals surface area contributed by atoms with Crippen molar-refractivity contribution in [2.45, 2.75) is 72.3 Å². The molecule has 3 nitrogen and oxygen atoms in total. The number of carbonyl (C=O) groups excluding carboxylic acids is 1. The number of carbonyl (C=O) groups is 1. The lowest BCUT2D eigenvalue weighted by atomic mass is 9.78. The van der Waals surface area contributed by atoms with Crippen LogP contribution in [0.4, 0.5) is 0 Å². The molecular weight excluding hydrogens is 272 g/mol. The Morgan fingerprint density at radius 1 is 1.20 bits per heavy atom. The number of rotatable bonds is 6. The van der Waals surface area contributed by atoms with Crippen LogP contribution < -0.4 is 11.1 Å². The van der Waals surface area contributed by atoms with E-state index < -0.39 is 0 Å². The fourth-order valence-electron chi connectivity index (χ4n) is 3.22. The minimum absolute atomic E-state index is 0. The van der Waals surface area contributed by atoms with Crippen LogP contribution in [0.5, 0.6) is 0 Å². The van der Waals surface area contributed by atoms with Crippen LogP contribution in [0, 0.1) is 17.3 Å². The van der Waals surface area contributed by atoms with Gasteiger partial charge in [0.25, 0.3) is 0 Å². The van der Waals surface area contributed by atoms with Crippen LogP contribution >= 0.6 is 12.4 Å². The van der Waals surface area contributed by atoms with Crippen LogP contribution in [0.2, 0.25) is 0 Å². The lowest BCUT2D eigenvalue weighted by molar-refractivity contribution is -0.132. The average molecular weight is 305 g/mol. The molecule has 0 aromatic heterocycles. The predicted molar refractivity (Wildman–Crippen MR) is 88.0 cm³/mol. The van der Waals surface area contributed by atoms with Gasteiger partial charge in [0.1, 0.15) is 0 Å². The highest BCUT2D eigenvalue weighted by Crippen LogP contribution is 2.31. The van der Waals surface area contributed by atoms with Gasteiger partial charge in [0.2, 0.25) is 5.91 Å². The molecule has 0 unspecified atom stereocenters. The predicted octanol–water partition coefficient (Wildman–Crippen LogP) is 3.50. The molecule has 0 aliphatic heterocycles. The van der Waals surface area contributed by atoms with E-state index in [4.69, 9.17) is 5.73 Å². The van der Waals surface area contributed by atoms with Crippen molar-refractivity contribution in [1.82, 2.24) is 5.32 Å². The van der Waals surface area contributed by atoms with Gasteiger partial charge < -0.3 is 11.1 Å². The SMILES string of the molecule is CCC(CC)(CN)C(=O)NC1CCC(C(C)C)CC1.Cl. The van der Waals surface area contributed by atoms with Crippen LogP contribution in [0.1, 0.15) is 66.2 Å². The van der Waals surface area contributed by atoms with Crippen LogP contribution in [-0.2, 0) is 4.79 Å². The zero-order valence-corrected chi connectivity index (χ0v) is 14.4. The van der Waals surface area contributed by atoms with Crippen LogP contribution in [0.25, 0.3) is 0 Å². The normalized spacial score (nSPS) is 23.3. The fraction of sp³-hybridized carbons (Fsp3) is 0.938. The van der Waals surface area contributed by atoms with Crippen molar-refractivity contribution in [3.63, 3.8) is 0 Å². The highest BCUT2D eigenvalue weighted by Gasteiger charge is 2.35. The Morgan fingerprint density at radius 2 is 1.70 bits per heavy atom. The molecule has 0 radical (unpaired) electrons. The van der Waals surface area contributed by atoms with Gasteiger partial charge >= 0.3 is 0 Å². The first-order valence-corrected chi connectivity index (χ1v) is 8.00. The van der Waals surface area contributed by atoms with Crippen molar-refractivity contribution in [2.75, 3.05) is 6.54 Å². The molecule has 120 valence electrons. The second kappa shape index (κ2) is 8.89. The first-order valence-electron chi connectivity index (χ1n) is 8.00. The maximum Gasteiger partial charge on any atom is 0.227 e. The standard InChI is InChI=1S/C16H32N2O.ClH/c1-5-16(6-2,11-17)15(19)18-14-9-7-13(8-10-14)12(3)4;/h12-14H,5-11,17H2,1-4H3,(H,18,19);1H. The Bertz CT molecular complexity index is 274. The van der Waals surface area contributed by atoms with Gasteiger partial charge in [-0.15, -0.1) is 12.4 Å². The highest BCUT2D eigenvalue weighted by atomic mass is 35.5. The Kier molecular flexibility index (Phi) is 8.76. The van der Waals surface area contributed by atoms with E-state index in [1.807, 2.05) is 0 Å². The quantitative estimate of drug-likeness (QED) is 0.789. The summed E-state index contributed by atoms with van der Waals surface area (Å²) in [4.78, 5) is 12.5. The third kappa shape index (κ3) is 4.63. The molecule has 0 bridgehead atoms. The summed E-state index contributed by atoms with van der Waals surface area (Å²) in [5.41, 5.74) is 5.48. The third-order valence-electron chi connectivity index (χ3n) is 5.28. The second-order valence-corrected chi connectivity index (χ2v) is 6.52. The summed E-state index contributed by atoms with van der Waals surface area (Å²) in [6, 6.07) is 0.367. The molecule has 0 aromatic rings. The lowest BCUT2D eigenvalue weighted by Crippen LogP contribution is -2.49. The number of nitrogens with one attached hydrogen (secondary N) is 1. The molecule has 1 saturated carbocycles. The molecule has 1 aliphatic carbocycles. The summed E-state index contributed by atoms with van der Waals surface area (Å²) >= 11 is 0. The molecule has 4 heteroatoms. The van der Waals surface area contributed by atoms with Gasteiger partial charge in [-0.05, 0) is 50.4 Å². The Morgan fingerprint density at radius 3 is 2.05 bits per heavy atom. The zero-order valence-electron chi connectivity index (χ0n) is 13.6. The number of halogens is 1. The molecule has 0 saturated heterocycles. The molecule has 0 spiro atoms. The first-order chi connectivity index (χ1) is 8.99. The van der Waals surface area contributed by atoms with E-state index in [2.05, 4.69) is 33.0 Å². The van der Waals surface area contributed by atoms with Gasteiger partial charge in [-0.2, -0.15) is 0 Å². The molecule has 20 heavy (non-hydrogen) atoms. The number of hydrogen-bond donors (Lipinski definition) is 2. The van der Waals surface area contributed by atoms with Crippen LogP contribution in [-0.4, -0.2) is 18.5 Å². The van der Waals surface area contributed by atoms with E-state index >= 15 is 0 Å². The van der Waals surface area contributed by atoms with E-state index in [0.717, 1.165) is 37.5 Å². The Labute approximate surface area is 130 Å². The maximum absolute atomic E-state index is 12.5. The fourth-order valence-corrected chi connectivity index (χ4v) is 3.22. The summed E-state index contributed by atoms with van der Waals surface area (Å²) in [7, 11) is 0. The molecule has 3 N–H and O–H groups in total. The van der Waals surface area contributed by atoms with Gasteiger partial charge in [-0.1, -0.05) is 27.7 Å². The molecule has 0 heterocycles. The average Bonchev–Trinajstić information content (AvgIpc) is 2.42. The van der Waals surface area contributed by atoms with E-state index in [0.29, 0.717) is 12.6 Å². The van der Waals surface area contributed by atoms with E-state index in [9.17, 15) is 4.79 Å². The van der Waals surface area contributed by atoms with Crippen molar-refractivity contribution in [2.24, 2.45) is 23.0 Å². The monoisotopic (exact) mass is 304 g/mol. The van der Waals surface area contributed by atoms with Crippen molar-refractivity contribution in [3.8, 4) is 0 Å². The summed E-state index contributed by atoms with van der Waals surface area (Å²) in [6.07, 6.45) is 6.40. The van der Waals surface area contributed by atoms with Crippen molar-refractivity contribution < 1.29 is 4.79 Å². The summed E-state index contributed by atoms with van der Waals surface area (Å²) in [5.74, 6) is 1.78.